The zero-order valence-corrected chi connectivity index (χ0v) is 24.2. The molecule has 1 unspecified atom stereocenters. The van der Waals surface area contributed by atoms with E-state index in [0.29, 0.717) is 32.3 Å². The van der Waals surface area contributed by atoms with Crippen LogP contribution in [0.5, 0.6) is 0 Å². The van der Waals surface area contributed by atoms with Crippen molar-refractivity contribution in [3.05, 3.63) is 87.4 Å². The number of nitrogens with zero attached hydrogens (tertiary/aromatic N) is 1. The summed E-state index contributed by atoms with van der Waals surface area (Å²) in [6, 6.07) is 12.9. The summed E-state index contributed by atoms with van der Waals surface area (Å²) in [5.74, 6) is -0.936. The van der Waals surface area contributed by atoms with Crippen molar-refractivity contribution in [2.45, 2.75) is 31.3 Å². The number of aliphatic hydroxyl groups is 1. The molecule has 1 atom stereocenters. The lowest BCUT2D eigenvalue weighted by molar-refractivity contribution is 0.0964. The summed E-state index contributed by atoms with van der Waals surface area (Å²) in [7, 11) is -2.30. The van der Waals surface area contributed by atoms with Crippen LogP contribution in [0.25, 0.3) is 22.3 Å². The van der Waals surface area contributed by atoms with E-state index in [1.54, 1.807) is 12.1 Å². The highest BCUT2D eigenvalue weighted by Crippen LogP contribution is 2.48. The molecule has 1 heterocycles. The first kappa shape index (κ1) is 28.3. The maximum atomic E-state index is 13.6. The first-order chi connectivity index (χ1) is 19.0. The lowest BCUT2D eigenvalue weighted by Crippen LogP contribution is -2.32. The zero-order chi connectivity index (χ0) is 28.8. The number of hydrogen-bond donors (Lipinski definition) is 2. The summed E-state index contributed by atoms with van der Waals surface area (Å²) < 4.78 is 61.0. The second-order valence-electron chi connectivity index (χ2n) is 9.88. The summed E-state index contributed by atoms with van der Waals surface area (Å²) in [5, 5.41) is 14.0. The van der Waals surface area contributed by atoms with Gasteiger partial charge in [-0.05, 0) is 78.8 Å². The summed E-state index contributed by atoms with van der Waals surface area (Å²) in [4.78, 5) is 13.0. The van der Waals surface area contributed by atoms with E-state index in [0.717, 1.165) is 24.7 Å². The van der Waals surface area contributed by atoms with E-state index in [4.69, 9.17) is 4.42 Å². The molecule has 0 bridgehead atoms. The zero-order valence-electron chi connectivity index (χ0n) is 21.7. The van der Waals surface area contributed by atoms with Crippen molar-refractivity contribution in [3.8, 4) is 11.3 Å². The van der Waals surface area contributed by atoms with Crippen LogP contribution in [0.3, 0.4) is 0 Å². The van der Waals surface area contributed by atoms with E-state index in [-0.39, 0.29) is 36.1 Å². The van der Waals surface area contributed by atoms with Crippen LogP contribution in [0.1, 0.15) is 52.8 Å². The van der Waals surface area contributed by atoms with Crippen molar-refractivity contribution in [2.75, 3.05) is 24.2 Å². The molecule has 1 aliphatic rings. The number of sulfonamides is 1. The highest BCUT2D eigenvalue weighted by atomic mass is 79.9. The molecule has 1 saturated carbocycles. The van der Waals surface area contributed by atoms with E-state index < -0.39 is 27.8 Å². The fourth-order valence-electron chi connectivity index (χ4n) is 4.87. The lowest BCUT2D eigenvalue weighted by Gasteiger charge is -2.26. The normalized spacial score (nSPS) is 14.3. The first-order valence-electron chi connectivity index (χ1n) is 12.7. The Balaban J connectivity index is 1.60. The molecule has 0 radical (unpaired) electrons. The predicted molar refractivity (Wildman–Crippen MR) is 153 cm³/mol. The Kier molecular flexibility index (Phi) is 7.73. The van der Waals surface area contributed by atoms with Crippen LogP contribution in [0.15, 0.2) is 63.5 Å². The number of carbonyl (C=O) groups excluding carboxylic acids is 1. The molecule has 1 fully saturated rings. The molecule has 1 amide bonds. The predicted octanol–water partition coefficient (Wildman–Crippen LogP) is 6.27. The van der Waals surface area contributed by atoms with Crippen LogP contribution in [-0.2, 0) is 10.0 Å². The van der Waals surface area contributed by atoms with Gasteiger partial charge in [0.25, 0.3) is 5.91 Å². The number of furan rings is 1. The molecule has 0 spiro atoms. The second-order valence-corrected chi connectivity index (χ2v) is 12.6. The van der Waals surface area contributed by atoms with Crippen molar-refractivity contribution in [3.63, 3.8) is 0 Å². The summed E-state index contributed by atoms with van der Waals surface area (Å²) in [5.41, 5.74) is 2.68. The average molecular weight is 634 g/mol. The lowest BCUT2D eigenvalue weighted by atomic mass is 10.00. The summed E-state index contributed by atoms with van der Waals surface area (Å²) in [6.07, 6.45) is 1.80. The minimum atomic E-state index is -3.80. The van der Waals surface area contributed by atoms with Crippen LogP contribution >= 0.6 is 15.9 Å². The quantitative estimate of drug-likeness (QED) is 0.227. The number of halogens is 3. The van der Waals surface area contributed by atoms with Gasteiger partial charge in [-0.3, -0.25) is 9.10 Å². The van der Waals surface area contributed by atoms with Crippen molar-refractivity contribution in [1.29, 1.82) is 0 Å². The molecule has 11 heteroatoms. The molecule has 4 aromatic rings. The van der Waals surface area contributed by atoms with Crippen LogP contribution in [-0.4, -0.2) is 39.3 Å². The minimum Gasteiger partial charge on any atom is -0.455 e. The molecule has 210 valence electrons. The van der Waals surface area contributed by atoms with Crippen LogP contribution < -0.4 is 9.62 Å². The Labute approximate surface area is 239 Å². The molecular formula is C29H27BrF2N2O5S. The van der Waals surface area contributed by atoms with Crippen molar-refractivity contribution in [2.24, 2.45) is 0 Å². The Morgan fingerprint density at radius 1 is 1.12 bits per heavy atom. The van der Waals surface area contributed by atoms with Gasteiger partial charge >= 0.3 is 0 Å². The number of fused-ring (bicyclic) bond motifs is 1. The van der Waals surface area contributed by atoms with Crippen LogP contribution in [0, 0.1) is 11.6 Å². The Morgan fingerprint density at radius 2 is 1.80 bits per heavy atom. The number of amides is 1. The second kappa shape index (κ2) is 10.9. The van der Waals surface area contributed by atoms with Gasteiger partial charge < -0.3 is 14.8 Å². The number of aliphatic hydroxyl groups excluding tert-OH is 1. The van der Waals surface area contributed by atoms with Gasteiger partial charge in [0.15, 0.2) is 0 Å². The molecular weight excluding hydrogens is 606 g/mol. The molecule has 1 aromatic heterocycles. The van der Waals surface area contributed by atoms with Gasteiger partial charge in [0, 0.05) is 35.1 Å². The molecule has 40 heavy (non-hydrogen) atoms. The van der Waals surface area contributed by atoms with Crippen LogP contribution in [0.2, 0.25) is 0 Å². The van der Waals surface area contributed by atoms with Crippen molar-refractivity contribution >= 4 is 48.5 Å². The maximum absolute atomic E-state index is 13.6. The number of carbonyl (C=O) groups is 1. The minimum absolute atomic E-state index is 0.0436. The van der Waals surface area contributed by atoms with Gasteiger partial charge in [-0.1, -0.05) is 22.0 Å². The largest absolute Gasteiger partial charge is 0.455 e. The number of hydrogen-bond acceptors (Lipinski definition) is 5. The molecule has 0 saturated heterocycles. The monoisotopic (exact) mass is 632 g/mol. The van der Waals surface area contributed by atoms with E-state index in [1.807, 2.05) is 0 Å². The highest BCUT2D eigenvalue weighted by Gasteiger charge is 2.33. The summed E-state index contributed by atoms with van der Waals surface area (Å²) in [6.45, 7) is -0.0527. The molecule has 7 nitrogen and oxygen atoms in total. The van der Waals surface area contributed by atoms with Gasteiger partial charge in [-0.15, -0.1) is 0 Å². The fraction of sp³-hybridized carbons (Fsp3) is 0.276. The smallest absolute Gasteiger partial charge is 0.255 e. The Hall–Kier alpha value is -3.28. The molecule has 0 aliphatic heterocycles. The molecule has 5 rings (SSSR count). The Morgan fingerprint density at radius 3 is 2.40 bits per heavy atom. The van der Waals surface area contributed by atoms with Gasteiger partial charge in [0.1, 0.15) is 23.0 Å². The maximum Gasteiger partial charge on any atom is 0.255 e. The van der Waals surface area contributed by atoms with E-state index >= 15 is 0 Å². The standard InChI is InChI=1S/C29H27BrF2N2O5S/c1-33-29(36)27-22-14-21(16-3-4-16)24(15-26(22)39-28(27)17-5-7-18(31)8-6-17)34(40(2,37)38)12-11-25(35)20-10-9-19(32)13-23(20)30/h5-10,13-16,25,35H,3-4,11-12H2,1-2H3,(H,33,36). The number of anilines is 1. The SMILES string of the molecule is CNC(=O)c1c(-c2ccc(F)cc2)oc2cc(N(CCC(O)c3ccc(F)cc3Br)S(C)(=O)=O)c(C3CC3)cc12. The highest BCUT2D eigenvalue weighted by molar-refractivity contribution is 9.10. The van der Waals surface area contributed by atoms with Crippen LogP contribution in [0.4, 0.5) is 14.5 Å². The van der Waals surface area contributed by atoms with Gasteiger partial charge in [0.05, 0.1) is 23.6 Å². The number of rotatable bonds is 9. The average Bonchev–Trinajstić information content (AvgIpc) is 3.68. The van der Waals surface area contributed by atoms with Gasteiger partial charge in [-0.25, -0.2) is 17.2 Å². The summed E-state index contributed by atoms with van der Waals surface area (Å²) >= 11 is 3.26. The van der Waals surface area contributed by atoms with Gasteiger partial charge in [0.2, 0.25) is 10.0 Å². The fourth-order valence-corrected chi connectivity index (χ4v) is 6.44. The third kappa shape index (κ3) is 5.63. The molecule has 3 aromatic carbocycles. The molecule has 2 N–H and O–H groups in total. The first-order valence-corrected chi connectivity index (χ1v) is 15.3. The molecule has 1 aliphatic carbocycles. The third-order valence-electron chi connectivity index (χ3n) is 7.01. The topological polar surface area (TPSA) is 99.8 Å². The van der Waals surface area contributed by atoms with Gasteiger partial charge in [-0.2, -0.15) is 0 Å². The Bertz CT molecular complexity index is 1700. The van der Waals surface area contributed by atoms with E-state index in [1.165, 1.54) is 53.8 Å². The van der Waals surface area contributed by atoms with Crippen molar-refractivity contribution < 1.29 is 31.5 Å². The number of nitrogens with one attached hydrogen (secondary N) is 1. The van der Waals surface area contributed by atoms with Crippen molar-refractivity contribution in [1.82, 2.24) is 5.32 Å². The number of benzene rings is 3. The van der Waals surface area contributed by atoms with E-state index in [2.05, 4.69) is 21.2 Å². The third-order valence-corrected chi connectivity index (χ3v) is 8.88. The van der Waals surface area contributed by atoms with E-state index in [9.17, 15) is 27.1 Å².